The second kappa shape index (κ2) is 27.4. The normalized spacial score (nSPS) is 14.1. The maximum absolute atomic E-state index is 11.6. The summed E-state index contributed by atoms with van der Waals surface area (Å²) < 4.78 is 25.0. The topological polar surface area (TPSA) is 206 Å². The van der Waals surface area contributed by atoms with Crippen molar-refractivity contribution < 1.29 is 34.0 Å². The summed E-state index contributed by atoms with van der Waals surface area (Å²) >= 11 is 13.2. The van der Waals surface area contributed by atoms with Crippen molar-refractivity contribution in [2.75, 3.05) is 13.1 Å². The molecule has 2 atom stereocenters. The second-order valence-electron chi connectivity index (χ2n) is 21.0. The molecule has 0 aliphatic heterocycles. The molecule has 5 N–H and O–H groups in total. The first-order valence-corrected chi connectivity index (χ1v) is 27.4. The smallest absolute Gasteiger partial charge is 0.153 e. The number of benzene rings is 6. The number of ether oxygens (including phenoxy) is 4. The van der Waals surface area contributed by atoms with E-state index in [2.05, 4.69) is 100 Å². The third-order valence-electron chi connectivity index (χ3n) is 13.5. The van der Waals surface area contributed by atoms with Crippen LogP contribution < -0.4 is 30.0 Å². The van der Waals surface area contributed by atoms with E-state index in [1.807, 2.05) is 36.4 Å². The van der Waals surface area contributed by atoms with Gasteiger partial charge in [0.15, 0.2) is 6.29 Å². The summed E-state index contributed by atoms with van der Waals surface area (Å²) in [6.45, 7) is 8.40. The minimum atomic E-state index is -0.855. The first-order valence-electron chi connectivity index (χ1n) is 26.6. The van der Waals surface area contributed by atoms with E-state index in [0.29, 0.717) is 75.7 Å². The van der Waals surface area contributed by atoms with Crippen LogP contribution in [0.15, 0.2) is 158 Å². The lowest BCUT2D eigenvalue weighted by atomic mass is 9.97. The second-order valence-corrected chi connectivity index (χ2v) is 21.8. The maximum atomic E-state index is 11.6. The van der Waals surface area contributed by atoms with Gasteiger partial charge in [0, 0.05) is 73.2 Å². The van der Waals surface area contributed by atoms with E-state index in [9.17, 15) is 15.2 Å². The molecule has 0 saturated carbocycles. The Labute approximate surface area is 483 Å². The molecule has 0 spiro atoms. The Morgan fingerprint density at radius 1 is 0.630 bits per heavy atom. The lowest BCUT2D eigenvalue weighted by molar-refractivity contribution is 0.0793. The van der Waals surface area contributed by atoms with Gasteiger partial charge in [0.1, 0.15) is 60.6 Å². The molecule has 0 radical (unpaired) electrons. The van der Waals surface area contributed by atoms with Crippen LogP contribution in [0.1, 0.15) is 113 Å². The fourth-order valence-electron chi connectivity index (χ4n) is 9.44. The molecule has 2 aliphatic carbocycles. The molecule has 2 aliphatic rings. The van der Waals surface area contributed by atoms with Gasteiger partial charge in [-0.2, -0.15) is 10.5 Å². The number of fused-ring (bicyclic) bond motifs is 2. The average Bonchev–Trinajstić information content (AvgIpc) is 4.21. The van der Waals surface area contributed by atoms with Crippen molar-refractivity contribution in [1.82, 2.24) is 15.3 Å². The predicted molar refractivity (Wildman–Crippen MR) is 315 cm³/mol. The van der Waals surface area contributed by atoms with Crippen molar-refractivity contribution in [2.45, 2.75) is 96.5 Å². The highest BCUT2D eigenvalue weighted by atomic mass is 35.5. The number of aldehydes is 1. The number of hydrogen-bond donors (Lipinski definition) is 4. The summed E-state index contributed by atoms with van der Waals surface area (Å²) in [7, 11) is 0. The van der Waals surface area contributed by atoms with Crippen molar-refractivity contribution in [1.29, 1.82) is 10.5 Å². The number of carbonyl (C=O) groups excluding carboxylic acids is 1. The monoisotopic (exact) mass is 1120 g/mol. The molecule has 414 valence electrons. The molecule has 81 heavy (non-hydrogen) atoms. The SMILES string of the molecule is CC(C)(O)CN.CC(C)(O)CNCc1cc(Cl)c(O[C@H]2CCc3c(-c4ccccc4)cccc32)cc1OCc1cncc(C#N)c1.N#Cc1cncc(COc2cc(O[C@H]3CCc4c(-c5ccccc5)cccc43)c(Cl)cc2C=O)c1. The molecular formula is C66H64Cl2N6O7. The van der Waals surface area contributed by atoms with Crippen molar-refractivity contribution >= 4 is 29.5 Å². The van der Waals surface area contributed by atoms with Gasteiger partial charge in [0.05, 0.1) is 37.9 Å². The van der Waals surface area contributed by atoms with Gasteiger partial charge in [-0.15, -0.1) is 0 Å². The van der Waals surface area contributed by atoms with Gasteiger partial charge in [0.2, 0.25) is 0 Å². The Morgan fingerprint density at radius 2 is 1.10 bits per heavy atom. The van der Waals surface area contributed by atoms with E-state index < -0.39 is 11.2 Å². The van der Waals surface area contributed by atoms with Crippen LogP contribution in [0.25, 0.3) is 22.3 Å². The van der Waals surface area contributed by atoms with Gasteiger partial charge in [-0.1, -0.05) is 120 Å². The summed E-state index contributed by atoms with van der Waals surface area (Å²) in [5.74, 6) is 1.98. The van der Waals surface area contributed by atoms with E-state index in [1.54, 1.807) is 64.4 Å². The summed E-state index contributed by atoms with van der Waals surface area (Å²) in [5.41, 5.74) is 16.8. The number of nitriles is 2. The third kappa shape index (κ3) is 16.1. The molecule has 0 bridgehead atoms. The fourth-order valence-corrected chi connectivity index (χ4v) is 9.88. The van der Waals surface area contributed by atoms with Gasteiger partial charge in [-0.05, 0) is 122 Å². The molecule has 10 rings (SSSR count). The Balaban J connectivity index is 0.000000194. The number of nitrogens with two attached hydrogens (primary N) is 1. The number of aliphatic hydroxyl groups is 2. The number of pyridine rings is 2. The number of rotatable bonds is 18. The lowest BCUT2D eigenvalue weighted by Gasteiger charge is -2.21. The molecule has 0 saturated heterocycles. The highest BCUT2D eigenvalue weighted by Crippen LogP contribution is 2.45. The Hall–Kier alpha value is -8.11. The van der Waals surface area contributed by atoms with Crippen molar-refractivity contribution in [3.63, 3.8) is 0 Å². The van der Waals surface area contributed by atoms with Gasteiger partial charge in [0.25, 0.3) is 0 Å². The molecule has 13 nitrogen and oxygen atoms in total. The van der Waals surface area contributed by atoms with Crippen molar-refractivity contribution in [3.05, 3.63) is 224 Å². The summed E-state index contributed by atoms with van der Waals surface area (Å²) in [6, 6.07) is 47.9. The standard InChI is InChI=1S/C33H32ClN3O3.C29H21ClN2O3.C4H11NO/c1-33(2,38)21-37-19-25-14-29(34)32(15-31(25)39-20-23-13-22(16-35)17-36-18-23)40-30-12-11-27-26(9-6-10-28(27)30)24-7-4-3-5-8-24;30-26-12-22(17-33)28(34-18-20-11-19(14-31)15-32-16-20)13-29(26)35-27-10-9-24-23(7-4-8-25(24)27)21-5-2-1-3-6-21;1-4(2,6)3-5/h3-10,13-15,17-18,30,37-38H,11-12,19-21H2,1-2H3;1-8,11-13,15-17,27H,9-10,18H2;6H,3,5H2,1-2H3/t30-;27-;/m00./s1. The van der Waals surface area contributed by atoms with Crippen molar-refractivity contribution in [2.24, 2.45) is 5.73 Å². The summed E-state index contributed by atoms with van der Waals surface area (Å²) in [4.78, 5) is 19.8. The number of carbonyl (C=O) groups is 1. The molecule has 15 heteroatoms. The van der Waals surface area contributed by atoms with Crippen molar-refractivity contribution in [3.8, 4) is 57.4 Å². The van der Waals surface area contributed by atoms with Crippen LogP contribution >= 0.6 is 23.2 Å². The van der Waals surface area contributed by atoms with Crippen LogP contribution in [-0.4, -0.2) is 50.8 Å². The number of aromatic nitrogens is 2. The van der Waals surface area contributed by atoms with E-state index >= 15 is 0 Å². The number of nitrogens with zero attached hydrogens (tertiary/aromatic N) is 4. The molecule has 6 aromatic carbocycles. The zero-order valence-electron chi connectivity index (χ0n) is 45.7. The van der Waals surface area contributed by atoms with Crippen LogP contribution in [0.2, 0.25) is 10.0 Å². The lowest BCUT2D eigenvalue weighted by Crippen LogP contribution is -2.34. The Kier molecular flexibility index (Phi) is 19.9. The van der Waals surface area contributed by atoms with E-state index in [1.165, 1.54) is 51.3 Å². The highest BCUT2D eigenvalue weighted by molar-refractivity contribution is 6.32. The number of nitrogens with one attached hydrogen (secondary N) is 1. The third-order valence-corrected chi connectivity index (χ3v) is 14.0. The minimum absolute atomic E-state index is 0.125. The Morgan fingerprint density at radius 3 is 1.56 bits per heavy atom. The summed E-state index contributed by atoms with van der Waals surface area (Å²) in [5, 5.41) is 41.2. The molecule has 8 aromatic rings. The highest BCUT2D eigenvalue weighted by Gasteiger charge is 2.29. The number of hydrogen-bond acceptors (Lipinski definition) is 13. The van der Waals surface area contributed by atoms with Gasteiger partial charge in [-0.3, -0.25) is 14.8 Å². The van der Waals surface area contributed by atoms with Gasteiger partial charge >= 0.3 is 0 Å². The van der Waals surface area contributed by atoms with Crippen LogP contribution in [0, 0.1) is 22.7 Å². The molecular weight excluding hydrogens is 1060 g/mol. The van der Waals surface area contributed by atoms with E-state index in [4.69, 9.17) is 58.3 Å². The average molecular weight is 1120 g/mol. The zero-order valence-corrected chi connectivity index (χ0v) is 47.2. The largest absolute Gasteiger partial charge is 0.488 e. The summed E-state index contributed by atoms with van der Waals surface area (Å²) in [6.07, 6.45) is 10.2. The van der Waals surface area contributed by atoms with Crippen LogP contribution in [0.4, 0.5) is 0 Å². The molecule has 0 amide bonds. The maximum Gasteiger partial charge on any atom is 0.153 e. The van der Waals surface area contributed by atoms with Crippen LogP contribution in [0.5, 0.6) is 23.0 Å². The quantitative estimate of drug-likeness (QED) is 0.0591. The van der Waals surface area contributed by atoms with E-state index in [-0.39, 0.29) is 25.4 Å². The predicted octanol–water partition coefficient (Wildman–Crippen LogP) is 13.2. The molecule has 2 aromatic heterocycles. The molecule has 0 unspecified atom stereocenters. The van der Waals surface area contributed by atoms with Crippen LogP contribution in [0.3, 0.4) is 0 Å². The molecule has 0 fully saturated rings. The van der Waals surface area contributed by atoms with Crippen LogP contribution in [-0.2, 0) is 32.6 Å². The minimum Gasteiger partial charge on any atom is -0.488 e. The zero-order chi connectivity index (χ0) is 57.5. The Bertz CT molecular complexity index is 3540. The first-order chi connectivity index (χ1) is 39.0. The number of halogens is 2. The van der Waals surface area contributed by atoms with E-state index in [0.717, 1.165) is 47.9 Å². The fraction of sp³-hybridized carbons (Fsp3) is 0.258. The molecule has 2 heterocycles. The van der Waals surface area contributed by atoms with Gasteiger partial charge < -0.3 is 40.2 Å². The first kappa shape index (κ1) is 59.0. The van der Waals surface area contributed by atoms with Gasteiger partial charge in [-0.25, -0.2) is 0 Å².